The first-order valence-corrected chi connectivity index (χ1v) is 9.01. The molecule has 1 saturated heterocycles. The minimum absolute atomic E-state index is 0.114. The number of amides is 2. The molecule has 0 radical (unpaired) electrons. The van der Waals surface area contributed by atoms with E-state index in [0.29, 0.717) is 24.9 Å². The fourth-order valence-electron chi connectivity index (χ4n) is 3.02. The van der Waals surface area contributed by atoms with E-state index in [1.807, 2.05) is 0 Å². The van der Waals surface area contributed by atoms with Crippen molar-refractivity contribution in [2.75, 3.05) is 13.1 Å². The number of halogens is 3. The lowest BCUT2D eigenvalue weighted by atomic mass is 9.76. The number of benzene rings is 1. The van der Waals surface area contributed by atoms with Crippen LogP contribution in [0.25, 0.3) is 0 Å². The third kappa shape index (κ3) is 6.79. The van der Waals surface area contributed by atoms with Crippen LogP contribution in [0.1, 0.15) is 24.0 Å². The summed E-state index contributed by atoms with van der Waals surface area (Å²) >= 11 is 0. The number of piperidine rings is 1. The zero-order valence-corrected chi connectivity index (χ0v) is 15.6. The summed E-state index contributed by atoms with van der Waals surface area (Å²) in [4.78, 5) is 25.3. The van der Waals surface area contributed by atoms with Gasteiger partial charge in [0.05, 0.1) is 18.0 Å². The van der Waals surface area contributed by atoms with Crippen molar-refractivity contribution in [1.82, 2.24) is 10.2 Å². The molecule has 1 aliphatic heterocycles. The van der Waals surface area contributed by atoms with Gasteiger partial charge in [0.15, 0.2) is 0 Å². The summed E-state index contributed by atoms with van der Waals surface area (Å²) in [7, 11) is -1.95. The maximum atomic E-state index is 12.6. The fraction of sp³-hybridized carbons (Fsp3) is 0.444. The maximum absolute atomic E-state index is 12.6. The second-order valence-corrected chi connectivity index (χ2v) is 6.72. The lowest BCUT2D eigenvalue weighted by Crippen LogP contribution is -2.50. The molecule has 0 saturated carbocycles. The van der Waals surface area contributed by atoms with Gasteiger partial charge in [-0.25, -0.2) is 4.79 Å². The molecule has 0 aliphatic carbocycles. The van der Waals surface area contributed by atoms with Crippen molar-refractivity contribution in [3.8, 4) is 0 Å². The number of hydrogen-bond donors (Lipinski definition) is 3. The van der Waals surface area contributed by atoms with Gasteiger partial charge < -0.3 is 25.0 Å². The Hall–Kier alpha value is -2.53. The van der Waals surface area contributed by atoms with Gasteiger partial charge >= 0.3 is 19.4 Å². The number of alkyl carbamates (subject to hydrolysis) is 1. The van der Waals surface area contributed by atoms with Crippen LogP contribution >= 0.6 is 0 Å². The molecular formula is C18H22BF3N2O5. The predicted octanol–water partition coefficient (Wildman–Crippen LogP) is 1.53. The monoisotopic (exact) mass is 414 g/mol. The Kier molecular flexibility index (Phi) is 7.69. The molecule has 29 heavy (non-hydrogen) atoms. The van der Waals surface area contributed by atoms with Crippen molar-refractivity contribution in [1.29, 1.82) is 0 Å². The molecule has 2 rings (SSSR count). The van der Waals surface area contributed by atoms with Gasteiger partial charge in [-0.2, -0.15) is 13.2 Å². The second-order valence-electron chi connectivity index (χ2n) is 6.72. The van der Waals surface area contributed by atoms with Crippen LogP contribution in [0.15, 0.2) is 36.9 Å². The largest absolute Gasteiger partial charge is 0.475 e. The van der Waals surface area contributed by atoms with E-state index in [-0.39, 0.29) is 18.9 Å². The summed E-state index contributed by atoms with van der Waals surface area (Å²) in [6, 6.07) is 4.15. The third-order valence-electron chi connectivity index (χ3n) is 4.54. The number of hydrogen-bond acceptors (Lipinski definition) is 5. The number of carbonyl (C=O) groups excluding carboxylic acids is 2. The number of nitrogens with zero attached hydrogens (tertiary/aromatic N) is 1. The maximum Gasteiger partial charge on any atom is 0.475 e. The Morgan fingerprint density at radius 3 is 2.55 bits per heavy atom. The van der Waals surface area contributed by atoms with Gasteiger partial charge in [-0.05, 0) is 43.0 Å². The minimum atomic E-state index is -4.47. The van der Waals surface area contributed by atoms with Crippen molar-refractivity contribution in [3.05, 3.63) is 48.0 Å². The summed E-state index contributed by atoms with van der Waals surface area (Å²) in [6.45, 7) is 4.13. The molecule has 1 unspecified atom stereocenters. The Labute approximate surface area is 166 Å². The molecule has 1 aromatic carbocycles. The molecule has 0 bridgehead atoms. The number of carbonyl (C=O) groups is 2. The first-order valence-electron chi connectivity index (χ1n) is 9.01. The smallest absolute Gasteiger partial charge is 0.444 e. The zero-order chi connectivity index (χ0) is 21.6. The van der Waals surface area contributed by atoms with Gasteiger partial charge in [0.1, 0.15) is 6.10 Å². The first kappa shape index (κ1) is 22.8. The topological polar surface area (TPSA) is 99.1 Å². The summed E-state index contributed by atoms with van der Waals surface area (Å²) in [5, 5.41) is 21.3. The van der Waals surface area contributed by atoms with Gasteiger partial charge in [0, 0.05) is 6.54 Å². The zero-order valence-electron chi connectivity index (χ0n) is 15.6. The van der Waals surface area contributed by atoms with Gasteiger partial charge in [0.2, 0.25) is 5.91 Å². The highest BCUT2D eigenvalue weighted by molar-refractivity contribution is 6.43. The average molecular weight is 414 g/mol. The molecule has 2 amide bonds. The Balaban J connectivity index is 1.93. The van der Waals surface area contributed by atoms with Crippen molar-refractivity contribution < 1.29 is 37.5 Å². The molecule has 7 nitrogen and oxygen atoms in total. The lowest BCUT2D eigenvalue weighted by Gasteiger charge is -2.32. The van der Waals surface area contributed by atoms with Gasteiger partial charge in [-0.15, -0.1) is 0 Å². The predicted molar refractivity (Wildman–Crippen MR) is 98.5 cm³/mol. The Bertz CT molecular complexity index is 727. The molecule has 11 heteroatoms. The van der Waals surface area contributed by atoms with Crippen LogP contribution in [0.3, 0.4) is 0 Å². The number of nitrogens with one attached hydrogen (secondary N) is 1. The molecule has 0 spiro atoms. The Morgan fingerprint density at radius 1 is 1.34 bits per heavy atom. The van der Waals surface area contributed by atoms with E-state index in [4.69, 9.17) is 4.74 Å². The van der Waals surface area contributed by atoms with E-state index in [0.717, 1.165) is 12.1 Å². The number of ether oxygens (including phenoxy) is 1. The van der Waals surface area contributed by atoms with Gasteiger partial charge in [-0.3, -0.25) is 4.79 Å². The van der Waals surface area contributed by atoms with E-state index in [9.17, 15) is 32.8 Å². The van der Waals surface area contributed by atoms with Crippen molar-refractivity contribution >= 4 is 19.1 Å². The first-order chi connectivity index (χ1) is 13.6. The summed E-state index contributed by atoms with van der Waals surface area (Å²) in [6.07, 6.45) is -3.71. The third-order valence-corrected chi connectivity index (χ3v) is 4.54. The molecule has 3 N–H and O–H groups in total. The average Bonchev–Trinajstić information content (AvgIpc) is 2.66. The fourth-order valence-corrected chi connectivity index (χ4v) is 3.02. The van der Waals surface area contributed by atoms with E-state index in [1.165, 1.54) is 23.1 Å². The molecule has 2 atom stereocenters. The van der Waals surface area contributed by atoms with E-state index < -0.39 is 37.0 Å². The Morgan fingerprint density at radius 2 is 2.00 bits per heavy atom. The van der Waals surface area contributed by atoms with Crippen LogP contribution in [-0.2, 0) is 22.1 Å². The minimum Gasteiger partial charge on any atom is -0.444 e. The van der Waals surface area contributed by atoms with Crippen LogP contribution in [-0.4, -0.2) is 59.2 Å². The van der Waals surface area contributed by atoms with Gasteiger partial charge in [-0.1, -0.05) is 18.7 Å². The van der Waals surface area contributed by atoms with Crippen LogP contribution in [0, 0.1) is 0 Å². The second kappa shape index (κ2) is 9.79. The number of alkyl halides is 3. The normalized spacial score (nSPS) is 18.0. The van der Waals surface area contributed by atoms with E-state index >= 15 is 0 Å². The standard InChI is InChI=1S/C18H22BF3N2O5/c1-2-16(25)24-9-3-4-14(11-24)29-17(26)23-15(19(27)28)10-12-5-7-13(8-6-12)18(20,21)22/h2,5-8,14-15,27-28H,1,3-4,9-11H2,(H,23,26)/t14?,15-/m0/s1. The quantitative estimate of drug-likeness (QED) is 0.485. The molecule has 1 aliphatic rings. The highest BCUT2D eigenvalue weighted by Crippen LogP contribution is 2.29. The van der Waals surface area contributed by atoms with Crippen molar-refractivity contribution in [3.63, 3.8) is 0 Å². The van der Waals surface area contributed by atoms with Crippen LogP contribution in [0.2, 0.25) is 0 Å². The van der Waals surface area contributed by atoms with Crippen molar-refractivity contribution in [2.45, 2.75) is 37.5 Å². The van der Waals surface area contributed by atoms with E-state index in [2.05, 4.69) is 11.9 Å². The SMILES string of the molecule is C=CC(=O)N1CCCC(OC(=O)N[C@@H](Cc2ccc(C(F)(F)F)cc2)B(O)O)C1. The molecule has 1 fully saturated rings. The number of likely N-dealkylation sites (tertiary alicyclic amines) is 1. The molecule has 0 aromatic heterocycles. The van der Waals surface area contributed by atoms with Gasteiger partial charge in [0.25, 0.3) is 0 Å². The number of rotatable bonds is 6. The lowest BCUT2D eigenvalue weighted by molar-refractivity contribution is -0.137. The highest BCUT2D eigenvalue weighted by Gasteiger charge is 2.31. The van der Waals surface area contributed by atoms with Crippen LogP contribution < -0.4 is 5.32 Å². The van der Waals surface area contributed by atoms with Crippen LogP contribution in [0.5, 0.6) is 0 Å². The highest BCUT2D eigenvalue weighted by atomic mass is 19.4. The van der Waals surface area contributed by atoms with E-state index in [1.54, 1.807) is 0 Å². The molecule has 1 heterocycles. The summed E-state index contributed by atoms with van der Waals surface area (Å²) in [5.41, 5.74) is -0.456. The summed E-state index contributed by atoms with van der Waals surface area (Å²) < 4.78 is 43.1. The van der Waals surface area contributed by atoms with Crippen LogP contribution in [0.4, 0.5) is 18.0 Å². The molecular weight excluding hydrogens is 392 g/mol. The molecule has 1 aromatic rings. The summed E-state index contributed by atoms with van der Waals surface area (Å²) in [5.74, 6) is -1.46. The van der Waals surface area contributed by atoms with Crippen molar-refractivity contribution in [2.24, 2.45) is 0 Å². The molecule has 158 valence electrons.